The van der Waals surface area contributed by atoms with Crippen molar-refractivity contribution in [2.75, 3.05) is 0 Å². The third-order valence-corrected chi connectivity index (χ3v) is 37.2. The maximum Gasteiger partial charge on any atom is 0.164 e. The Morgan fingerprint density at radius 2 is 0.406 bits per heavy atom. The first-order valence-electron chi connectivity index (χ1n) is 43.7. The van der Waals surface area contributed by atoms with Gasteiger partial charge in [0.25, 0.3) is 0 Å². The van der Waals surface area contributed by atoms with Gasteiger partial charge in [0.15, 0.2) is 52.4 Å². The lowest BCUT2D eigenvalue weighted by Gasteiger charge is -2.25. The molecule has 0 bridgehead atoms. The van der Waals surface area contributed by atoms with E-state index in [1.165, 1.54) is 80.8 Å². The molecule has 23 rings (SSSR count). The molecule has 20 aromatic rings. The fraction of sp³-hybridized carbons (Fsp3) is 0.0431. The molecular weight excluding hydrogens is 1600 g/mol. The molecule has 9 nitrogen and oxygen atoms in total. The van der Waals surface area contributed by atoms with Crippen molar-refractivity contribution in [1.82, 2.24) is 44.9 Å². The Balaban J connectivity index is 0.000000117. The van der Waals surface area contributed by atoms with Crippen molar-refractivity contribution in [3.05, 3.63) is 437 Å². The van der Waals surface area contributed by atoms with Crippen LogP contribution in [-0.4, -0.2) is 69.1 Å². The smallest absolute Gasteiger partial charge is 0.164 e. The molecule has 0 amide bonds. The van der Waals surface area contributed by atoms with Crippen molar-refractivity contribution in [2.24, 2.45) is 0 Å². The summed E-state index contributed by atoms with van der Waals surface area (Å²) in [7, 11) is -5.97. The first-order chi connectivity index (χ1) is 62.9. The highest BCUT2D eigenvalue weighted by Crippen LogP contribution is 2.42. The van der Waals surface area contributed by atoms with Crippen molar-refractivity contribution in [2.45, 2.75) is 32.7 Å². The average Bonchev–Trinajstić information content (AvgIpc) is 1.55. The predicted octanol–water partition coefficient (Wildman–Crippen LogP) is 24.0. The number of benzene rings is 17. The minimum Gasteiger partial charge on any atom is -0.208 e. The molecule has 6 heterocycles. The van der Waals surface area contributed by atoms with Crippen molar-refractivity contribution < 1.29 is 0 Å². The highest BCUT2D eigenvalue weighted by Gasteiger charge is 2.44. The Hall–Kier alpha value is -15.6. The van der Waals surface area contributed by atoms with Gasteiger partial charge in [-0.2, -0.15) is 0 Å². The largest absolute Gasteiger partial charge is 0.208 e. The molecule has 608 valence electrons. The fourth-order valence-electron chi connectivity index (χ4n) is 19.0. The van der Waals surface area contributed by atoms with Crippen LogP contribution in [0.5, 0.6) is 0 Å². The van der Waals surface area contributed by atoms with Crippen LogP contribution in [0.15, 0.2) is 437 Å². The van der Waals surface area contributed by atoms with Gasteiger partial charge in [-0.15, -0.1) is 0 Å². The molecule has 0 radical (unpaired) electrons. The molecule has 3 aliphatic heterocycles. The molecular formula is C116H87N9Si3. The summed E-state index contributed by atoms with van der Waals surface area (Å²) >= 11 is 0. The van der Waals surface area contributed by atoms with Crippen LogP contribution in [0.1, 0.15) is 0 Å². The van der Waals surface area contributed by atoms with Crippen LogP contribution in [0.25, 0.3) is 180 Å². The second kappa shape index (κ2) is 33.8. The SMILES string of the molecule is C[Si]1(C)c2cc(-c3ccccc3)ccc2-c2ccc(-c3nc(-c4ccccc4)nc(-c4ccccc4-c4ccccc4)n3)cc21.C[Si]1(C)c2ccccc2-c2c(-c3nc(-c4ccccc4)nc(-c4ccccc4-c4ccccc4)n3)cccc21.C[Si]1(c2ccccc2)c2ccccc2-c2cc(-c3nc(-c4ccccc4)nc(-c4ccccc4-c4ccccc4)n3)ccc21. The lowest BCUT2D eigenvalue weighted by molar-refractivity contribution is 1.07. The lowest BCUT2D eigenvalue weighted by atomic mass is 9.98. The zero-order valence-electron chi connectivity index (χ0n) is 71.6. The summed E-state index contributed by atoms with van der Waals surface area (Å²) in [4.78, 5) is 45.8. The molecule has 0 saturated heterocycles. The van der Waals surface area contributed by atoms with Crippen LogP contribution in [-0.2, 0) is 0 Å². The number of hydrogen-bond donors (Lipinski definition) is 0. The summed E-state index contributed by atoms with van der Waals surface area (Å²) in [6.07, 6.45) is 0. The zero-order chi connectivity index (χ0) is 86.3. The Bertz CT molecular complexity index is 7560. The number of fused-ring (bicyclic) bond motifs is 9. The van der Waals surface area contributed by atoms with E-state index >= 15 is 0 Å². The summed E-state index contributed by atoms with van der Waals surface area (Å²) in [6.45, 7) is 12.3. The van der Waals surface area contributed by atoms with E-state index in [9.17, 15) is 0 Å². The van der Waals surface area contributed by atoms with Gasteiger partial charge in [-0.1, -0.05) is 463 Å². The van der Waals surface area contributed by atoms with Crippen LogP contribution in [0.3, 0.4) is 0 Å². The number of hydrogen-bond acceptors (Lipinski definition) is 9. The van der Waals surface area contributed by atoms with Gasteiger partial charge >= 0.3 is 0 Å². The maximum atomic E-state index is 5.18. The molecule has 128 heavy (non-hydrogen) atoms. The summed E-state index contributed by atoms with van der Waals surface area (Å²) in [5.74, 6) is 6.10. The first kappa shape index (κ1) is 79.6. The quantitative estimate of drug-likeness (QED) is 0.0981. The molecule has 1 atom stereocenters. The van der Waals surface area contributed by atoms with E-state index in [2.05, 4.69) is 397 Å². The predicted molar refractivity (Wildman–Crippen MR) is 537 cm³/mol. The Labute approximate surface area is 749 Å². The molecule has 0 N–H and O–H groups in total. The van der Waals surface area contributed by atoms with Crippen LogP contribution in [0.4, 0.5) is 0 Å². The van der Waals surface area contributed by atoms with Crippen LogP contribution >= 0.6 is 0 Å². The monoisotopic (exact) mass is 1690 g/mol. The van der Waals surface area contributed by atoms with Gasteiger partial charge in [0, 0.05) is 50.1 Å². The molecule has 17 aromatic carbocycles. The maximum absolute atomic E-state index is 5.18. The normalized spacial score (nSPS) is 13.7. The van der Waals surface area contributed by atoms with E-state index in [-0.39, 0.29) is 0 Å². The minimum absolute atomic E-state index is 0.665. The molecule has 0 aliphatic carbocycles. The second-order valence-electron chi connectivity index (χ2n) is 34.0. The van der Waals surface area contributed by atoms with Crippen molar-refractivity contribution in [1.29, 1.82) is 0 Å². The molecule has 0 spiro atoms. The molecule has 1 unspecified atom stereocenters. The van der Waals surface area contributed by atoms with Gasteiger partial charge in [-0.3, -0.25) is 0 Å². The van der Waals surface area contributed by atoms with Crippen molar-refractivity contribution >= 4 is 60.5 Å². The minimum atomic E-state index is -2.15. The molecule has 12 heteroatoms. The standard InChI is InChI=1S/C41H31N3Si.C40H29N3Si.C35H27N3Si/c1-45(2)37-26-31(28-14-6-3-7-15-28)22-24-34(37)35-25-23-32(27-38(35)45)40-42-39(30-18-10-5-11-19-30)43-41(44-40)36-21-13-12-20-33(36)29-16-8-4-9-17-29;1-44(31-19-9-4-10-20-31)36-24-14-13-22-33(36)35-27-30(25-26-37(35)44)39-41-38(29-17-7-3-8-18-29)42-40(43-39)34-23-12-11-21-32(34)28-15-5-2-6-16-28;1-39(2)30-22-12-11-20-28(30)32-29(21-13-23-31(32)39)35-37-33(25-16-7-4-8-17-25)36-34(38-35)27-19-10-9-18-26(27)24-14-5-3-6-15-24/h3-27H,1-2H3;2-27H,1H3;3-23H,1-2H3. The Morgan fingerprint density at radius 3 is 0.844 bits per heavy atom. The number of aromatic nitrogens is 9. The molecule has 0 fully saturated rings. The first-order valence-corrected chi connectivity index (χ1v) is 52.2. The van der Waals surface area contributed by atoms with Crippen LogP contribution in [0.2, 0.25) is 32.7 Å². The van der Waals surface area contributed by atoms with E-state index in [0.29, 0.717) is 52.4 Å². The Kier molecular flexibility index (Phi) is 21.0. The van der Waals surface area contributed by atoms with E-state index in [0.717, 1.165) is 83.5 Å². The van der Waals surface area contributed by atoms with Gasteiger partial charge < -0.3 is 0 Å². The second-order valence-corrected chi connectivity index (χ2v) is 46.5. The highest BCUT2D eigenvalue weighted by molar-refractivity contribution is 7.13. The number of nitrogens with zero attached hydrogens (tertiary/aromatic N) is 9. The van der Waals surface area contributed by atoms with Gasteiger partial charge in [-0.25, -0.2) is 44.9 Å². The van der Waals surface area contributed by atoms with E-state index < -0.39 is 24.2 Å². The lowest BCUT2D eigenvalue weighted by Crippen LogP contribution is -2.62. The fourth-order valence-corrected chi connectivity index (χ4v) is 29.3. The number of rotatable bonds is 14. The topological polar surface area (TPSA) is 116 Å². The molecule has 3 aliphatic rings. The van der Waals surface area contributed by atoms with E-state index in [4.69, 9.17) is 44.9 Å². The van der Waals surface area contributed by atoms with Crippen LogP contribution < -0.4 is 36.3 Å². The van der Waals surface area contributed by atoms with Gasteiger partial charge in [0.2, 0.25) is 0 Å². The van der Waals surface area contributed by atoms with Crippen molar-refractivity contribution in [3.63, 3.8) is 0 Å². The average molecular weight is 1690 g/mol. The molecule has 3 aromatic heterocycles. The van der Waals surface area contributed by atoms with Gasteiger partial charge in [0.05, 0.1) is 0 Å². The molecule has 0 saturated carbocycles. The van der Waals surface area contributed by atoms with Gasteiger partial charge in [-0.05, 0) is 120 Å². The van der Waals surface area contributed by atoms with Gasteiger partial charge in [0.1, 0.15) is 24.2 Å². The summed E-state index contributed by atoms with van der Waals surface area (Å²) in [6, 6.07) is 154. The van der Waals surface area contributed by atoms with E-state index in [1.807, 2.05) is 72.8 Å². The van der Waals surface area contributed by atoms with Crippen molar-refractivity contribution in [3.8, 4) is 180 Å². The highest BCUT2D eigenvalue weighted by atomic mass is 28.3. The van der Waals surface area contributed by atoms with Crippen LogP contribution in [0, 0.1) is 0 Å². The summed E-state index contributed by atoms with van der Waals surface area (Å²) in [5, 5.41) is 10.1. The third kappa shape index (κ3) is 14.8. The zero-order valence-corrected chi connectivity index (χ0v) is 74.6. The summed E-state index contributed by atoms with van der Waals surface area (Å²) < 4.78 is 0. The third-order valence-electron chi connectivity index (χ3n) is 25.6. The Morgan fingerprint density at radius 1 is 0.141 bits per heavy atom. The summed E-state index contributed by atoms with van der Waals surface area (Å²) in [5.41, 5.74) is 26.0. The van der Waals surface area contributed by atoms with E-state index in [1.54, 1.807) is 0 Å².